The van der Waals surface area contributed by atoms with E-state index < -0.39 is 0 Å². The van der Waals surface area contributed by atoms with E-state index in [1.54, 1.807) is 0 Å². The van der Waals surface area contributed by atoms with Crippen molar-refractivity contribution in [2.24, 2.45) is 11.3 Å². The van der Waals surface area contributed by atoms with Gasteiger partial charge in [-0.25, -0.2) is 0 Å². The van der Waals surface area contributed by atoms with E-state index in [1.165, 1.54) is 0 Å². The molecule has 4 nitrogen and oxygen atoms in total. The topological polar surface area (TPSA) is 44.4 Å². The van der Waals surface area contributed by atoms with Crippen molar-refractivity contribution in [1.82, 2.24) is 15.5 Å². The molecule has 0 aromatic carbocycles. The van der Waals surface area contributed by atoms with Crippen molar-refractivity contribution in [3.63, 3.8) is 0 Å². The highest BCUT2D eigenvalue weighted by molar-refractivity contribution is 5.83. The van der Waals surface area contributed by atoms with E-state index in [0.717, 1.165) is 45.4 Å². The second-order valence-corrected chi connectivity index (χ2v) is 7.12. The Morgan fingerprint density at radius 3 is 2.35 bits per heavy atom. The first kappa shape index (κ1) is 15.8. The molecule has 1 atom stereocenters. The van der Waals surface area contributed by atoms with Crippen molar-refractivity contribution < 1.29 is 4.79 Å². The van der Waals surface area contributed by atoms with Gasteiger partial charge in [-0.1, -0.05) is 13.8 Å². The maximum Gasteiger partial charge on any atom is 0.228 e. The van der Waals surface area contributed by atoms with E-state index in [-0.39, 0.29) is 11.3 Å². The van der Waals surface area contributed by atoms with Crippen molar-refractivity contribution in [2.45, 2.75) is 59.0 Å². The van der Waals surface area contributed by atoms with Crippen LogP contribution < -0.4 is 10.6 Å². The maximum absolute atomic E-state index is 12.7. The summed E-state index contributed by atoms with van der Waals surface area (Å²) in [5.41, 5.74) is -0.185. The normalized spacial score (nSPS) is 29.3. The molecular weight excluding hydrogens is 250 g/mol. The molecule has 2 fully saturated rings. The Kier molecular flexibility index (Phi) is 5.08. The fourth-order valence-electron chi connectivity index (χ4n) is 3.55. The first-order valence-electron chi connectivity index (χ1n) is 8.21. The van der Waals surface area contributed by atoms with Gasteiger partial charge in [0.1, 0.15) is 0 Å². The lowest BCUT2D eigenvalue weighted by molar-refractivity contribution is -0.133. The smallest absolute Gasteiger partial charge is 0.228 e. The van der Waals surface area contributed by atoms with Crippen LogP contribution in [0.4, 0.5) is 0 Å². The highest BCUT2D eigenvalue weighted by Crippen LogP contribution is 2.34. The van der Waals surface area contributed by atoms with Crippen LogP contribution in [0.5, 0.6) is 0 Å². The summed E-state index contributed by atoms with van der Waals surface area (Å²) in [5.74, 6) is 0.675. The quantitative estimate of drug-likeness (QED) is 0.823. The van der Waals surface area contributed by atoms with E-state index in [4.69, 9.17) is 0 Å². The summed E-state index contributed by atoms with van der Waals surface area (Å²) in [6.45, 7) is 12.9. The minimum Gasteiger partial charge on any atom is -0.353 e. The van der Waals surface area contributed by atoms with E-state index in [1.807, 2.05) is 0 Å². The first-order chi connectivity index (χ1) is 9.45. The summed E-state index contributed by atoms with van der Waals surface area (Å²) in [6.07, 6.45) is 3.15. The average molecular weight is 281 g/mol. The Hall–Kier alpha value is -0.610. The molecule has 1 amide bonds. The van der Waals surface area contributed by atoms with Crippen molar-refractivity contribution in [3.05, 3.63) is 0 Å². The van der Waals surface area contributed by atoms with Gasteiger partial charge in [-0.05, 0) is 45.6 Å². The number of carbonyl (C=O) groups excluding carboxylic acids is 1. The lowest BCUT2D eigenvalue weighted by Gasteiger charge is -2.37. The molecule has 2 aliphatic rings. The summed E-state index contributed by atoms with van der Waals surface area (Å²) in [5, 5.41) is 6.70. The van der Waals surface area contributed by atoms with Gasteiger partial charge in [-0.2, -0.15) is 0 Å². The third-order valence-corrected chi connectivity index (χ3v) is 5.34. The first-order valence-corrected chi connectivity index (χ1v) is 8.21. The van der Waals surface area contributed by atoms with Crippen molar-refractivity contribution in [3.8, 4) is 0 Å². The molecule has 0 radical (unpaired) electrons. The monoisotopic (exact) mass is 281 g/mol. The van der Waals surface area contributed by atoms with Gasteiger partial charge < -0.3 is 15.5 Å². The maximum atomic E-state index is 12.7. The van der Waals surface area contributed by atoms with Crippen LogP contribution in [-0.4, -0.2) is 49.1 Å². The van der Waals surface area contributed by atoms with Gasteiger partial charge in [-0.3, -0.25) is 4.79 Å². The minimum absolute atomic E-state index is 0.185. The standard InChI is InChI=1S/C16H31N3O/c1-12(2)16(7-8-17-11-16)15(20)18-14-5-9-19(10-6-14)13(3)4/h12-14,17H,5-11H2,1-4H3,(H,18,20). The molecule has 2 heterocycles. The number of nitrogens with zero attached hydrogens (tertiary/aromatic N) is 1. The Morgan fingerprint density at radius 1 is 1.25 bits per heavy atom. The molecule has 20 heavy (non-hydrogen) atoms. The van der Waals surface area contributed by atoms with Gasteiger partial charge >= 0.3 is 0 Å². The Morgan fingerprint density at radius 2 is 1.90 bits per heavy atom. The van der Waals surface area contributed by atoms with Crippen LogP contribution in [-0.2, 0) is 4.79 Å². The van der Waals surface area contributed by atoms with Crippen LogP contribution in [0.1, 0.15) is 47.0 Å². The Labute approximate surface area is 123 Å². The van der Waals surface area contributed by atoms with Crippen LogP contribution >= 0.6 is 0 Å². The number of nitrogens with one attached hydrogen (secondary N) is 2. The van der Waals surface area contributed by atoms with Gasteiger partial charge in [-0.15, -0.1) is 0 Å². The van der Waals surface area contributed by atoms with Crippen LogP contribution in [0.3, 0.4) is 0 Å². The molecule has 0 saturated carbocycles. The molecule has 0 aromatic heterocycles. The number of hydrogen-bond acceptors (Lipinski definition) is 3. The minimum atomic E-state index is -0.185. The zero-order chi connectivity index (χ0) is 14.8. The number of carbonyl (C=O) groups is 1. The molecule has 0 aliphatic carbocycles. The second-order valence-electron chi connectivity index (χ2n) is 7.12. The number of amides is 1. The highest BCUT2D eigenvalue weighted by atomic mass is 16.2. The van der Waals surface area contributed by atoms with Crippen LogP contribution in [0.25, 0.3) is 0 Å². The zero-order valence-electron chi connectivity index (χ0n) is 13.5. The molecule has 4 heteroatoms. The fourth-order valence-corrected chi connectivity index (χ4v) is 3.55. The van der Waals surface area contributed by atoms with Gasteiger partial charge in [0.15, 0.2) is 0 Å². The fraction of sp³-hybridized carbons (Fsp3) is 0.938. The Balaban J connectivity index is 1.89. The van der Waals surface area contributed by atoms with Gasteiger partial charge in [0.25, 0.3) is 0 Å². The van der Waals surface area contributed by atoms with Crippen molar-refractivity contribution in [2.75, 3.05) is 26.2 Å². The number of likely N-dealkylation sites (tertiary alicyclic amines) is 1. The van der Waals surface area contributed by atoms with Gasteiger partial charge in [0.05, 0.1) is 5.41 Å². The van der Waals surface area contributed by atoms with E-state index in [0.29, 0.717) is 18.0 Å². The van der Waals surface area contributed by atoms with Crippen LogP contribution in [0.15, 0.2) is 0 Å². The largest absolute Gasteiger partial charge is 0.353 e. The Bertz CT molecular complexity index is 327. The number of rotatable bonds is 4. The third-order valence-electron chi connectivity index (χ3n) is 5.34. The summed E-state index contributed by atoms with van der Waals surface area (Å²) in [4.78, 5) is 15.2. The lowest BCUT2D eigenvalue weighted by Crippen LogP contribution is -2.52. The molecule has 116 valence electrons. The van der Waals surface area contributed by atoms with E-state index >= 15 is 0 Å². The van der Waals surface area contributed by atoms with E-state index in [9.17, 15) is 4.79 Å². The summed E-state index contributed by atoms with van der Waals surface area (Å²) in [6, 6.07) is 0.987. The summed E-state index contributed by atoms with van der Waals surface area (Å²) < 4.78 is 0. The predicted octanol–water partition coefficient (Wildman–Crippen LogP) is 1.61. The molecule has 0 aromatic rings. The summed E-state index contributed by atoms with van der Waals surface area (Å²) >= 11 is 0. The molecule has 2 aliphatic heterocycles. The van der Waals surface area contributed by atoms with Gasteiger partial charge in [0.2, 0.25) is 5.91 Å². The number of hydrogen-bond donors (Lipinski definition) is 2. The molecule has 1 unspecified atom stereocenters. The molecule has 2 N–H and O–H groups in total. The van der Waals surface area contributed by atoms with E-state index in [2.05, 4.69) is 43.2 Å². The van der Waals surface area contributed by atoms with Crippen LogP contribution in [0, 0.1) is 11.3 Å². The zero-order valence-corrected chi connectivity index (χ0v) is 13.5. The van der Waals surface area contributed by atoms with Crippen molar-refractivity contribution >= 4 is 5.91 Å². The van der Waals surface area contributed by atoms with Gasteiger partial charge in [0, 0.05) is 31.7 Å². The SMILES string of the molecule is CC(C)N1CCC(NC(=O)C2(C(C)C)CCNC2)CC1. The summed E-state index contributed by atoms with van der Waals surface area (Å²) in [7, 11) is 0. The molecule has 2 saturated heterocycles. The number of piperidine rings is 1. The molecule has 0 spiro atoms. The second kappa shape index (κ2) is 6.44. The van der Waals surface area contributed by atoms with Crippen molar-refractivity contribution in [1.29, 1.82) is 0 Å². The van der Waals surface area contributed by atoms with Crippen LogP contribution in [0.2, 0.25) is 0 Å². The average Bonchev–Trinajstić information content (AvgIpc) is 2.90. The predicted molar refractivity (Wildman–Crippen MR) is 82.6 cm³/mol. The lowest BCUT2D eigenvalue weighted by atomic mass is 9.75. The molecular formula is C16H31N3O. The highest BCUT2D eigenvalue weighted by Gasteiger charge is 2.44. The molecule has 0 bridgehead atoms. The molecule has 2 rings (SSSR count). The third kappa shape index (κ3) is 3.17.